The van der Waals surface area contributed by atoms with Gasteiger partial charge in [-0.1, -0.05) is 0 Å². The van der Waals surface area contributed by atoms with Crippen molar-refractivity contribution in [1.82, 2.24) is 19.5 Å². The number of carbonyl (C=O) groups is 1. The van der Waals surface area contributed by atoms with Gasteiger partial charge in [0.05, 0.1) is 11.9 Å². The number of rotatable bonds is 9. The average Bonchev–Trinajstić information content (AvgIpc) is 3.25. The quantitative estimate of drug-likeness (QED) is 0.408. The fourth-order valence-corrected chi connectivity index (χ4v) is 4.20. The molecule has 3 aromatic rings. The molecule has 1 aliphatic rings. The zero-order valence-electron chi connectivity index (χ0n) is 18.3. The van der Waals surface area contributed by atoms with Crippen LogP contribution in [0.2, 0.25) is 0 Å². The Bertz CT molecular complexity index is 1150. The van der Waals surface area contributed by atoms with Gasteiger partial charge >= 0.3 is 5.97 Å². The molecule has 0 aromatic carbocycles. The summed E-state index contributed by atoms with van der Waals surface area (Å²) in [6, 6.07) is 7.55. The number of pyridine rings is 2. The summed E-state index contributed by atoms with van der Waals surface area (Å²) in [4.78, 5) is 37.4. The maximum Gasteiger partial charge on any atom is 0.303 e. The van der Waals surface area contributed by atoms with E-state index in [0.29, 0.717) is 35.7 Å². The summed E-state index contributed by atoms with van der Waals surface area (Å²) in [5, 5.41) is 15.7. The lowest BCUT2D eigenvalue weighted by Crippen LogP contribution is -2.22. The highest BCUT2D eigenvalue weighted by Crippen LogP contribution is 2.25. The van der Waals surface area contributed by atoms with Crippen LogP contribution in [-0.2, 0) is 11.2 Å². The van der Waals surface area contributed by atoms with E-state index in [1.807, 2.05) is 30.8 Å². The van der Waals surface area contributed by atoms with Gasteiger partial charge in [0.2, 0.25) is 5.95 Å². The Balaban J connectivity index is 1.32. The summed E-state index contributed by atoms with van der Waals surface area (Å²) in [7, 11) is 0. The van der Waals surface area contributed by atoms with Gasteiger partial charge in [-0.2, -0.15) is 0 Å². The standard InChI is InChI=1S/C23H26N6O3S/c1-33-19-13-25-23(26-14-19)28-17-4-3-16(11-17)27-20-6-5-18(12-24-20)29-9-8-15(10-21(29)30)2-7-22(31)32/h5-6,8-10,12-14,16-17H,2-4,7,11H2,1H3,(H,24,27)(H,31,32)(H,25,26,28)/t16-,17-/m0/s1. The smallest absolute Gasteiger partial charge is 0.303 e. The molecular formula is C23H26N6O3S. The van der Waals surface area contributed by atoms with Gasteiger partial charge in [0, 0.05) is 48.1 Å². The third-order valence-corrected chi connectivity index (χ3v) is 6.30. The zero-order valence-corrected chi connectivity index (χ0v) is 19.1. The molecule has 9 nitrogen and oxygen atoms in total. The van der Waals surface area contributed by atoms with Gasteiger partial charge in [-0.05, 0) is 55.7 Å². The molecule has 0 bridgehead atoms. The second-order valence-corrected chi connectivity index (χ2v) is 8.86. The molecule has 1 fully saturated rings. The Morgan fingerprint density at radius 3 is 2.52 bits per heavy atom. The molecule has 172 valence electrons. The fraction of sp³-hybridized carbons (Fsp3) is 0.348. The molecule has 1 saturated carbocycles. The zero-order chi connectivity index (χ0) is 23.2. The molecule has 0 amide bonds. The first kappa shape index (κ1) is 22.8. The summed E-state index contributed by atoms with van der Waals surface area (Å²) in [5.74, 6) is 0.533. The minimum atomic E-state index is -0.881. The number of aliphatic carboxylic acids is 1. The summed E-state index contributed by atoms with van der Waals surface area (Å²) in [5.41, 5.74) is 1.16. The van der Waals surface area contributed by atoms with Crippen LogP contribution >= 0.6 is 11.8 Å². The van der Waals surface area contributed by atoms with Crippen LogP contribution in [0.3, 0.4) is 0 Å². The van der Waals surface area contributed by atoms with Crippen LogP contribution in [0.15, 0.2) is 58.7 Å². The molecule has 0 saturated heterocycles. The van der Waals surface area contributed by atoms with Crippen molar-refractivity contribution in [3.05, 3.63) is 65.0 Å². The van der Waals surface area contributed by atoms with Crippen molar-refractivity contribution in [2.75, 3.05) is 16.9 Å². The maximum absolute atomic E-state index is 12.4. The monoisotopic (exact) mass is 466 g/mol. The molecule has 3 heterocycles. The van der Waals surface area contributed by atoms with Crippen molar-refractivity contribution < 1.29 is 9.90 Å². The van der Waals surface area contributed by atoms with Gasteiger partial charge in [-0.3, -0.25) is 14.2 Å². The van der Waals surface area contributed by atoms with Crippen LogP contribution in [0.1, 0.15) is 31.2 Å². The predicted octanol–water partition coefficient (Wildman–Crippen LogP) is 3.21. The van der Waals surface area contributed by atoms with Crippen molar-refractivity contribution in [2.24, 2.45) is 0 Å². The molecule has 0 spiro atoms. The Kier molecular flexibility index (Phi) is 7.23. The van der Waals surface area contributed by atoms with Crippen LogP contribution in [-0.4, -0.2) is 48.9 Å². The van der Waals surface area contributed by atoms with E-state index in [9.17, 15) is 9.59 Å². The maximum atomic E-state index is 12.4. The average molecular weight is 467 g/mol. The summed E-state index contributed by atoms with van der Waals surface area (Å²) < 4.78 is 1.50. The highest BCUT2D eigenvalue weighted by molar-refractivity contribution is 7.98. The molecule has 0 aliphatic heterocycles. The van der Waals surface area contributed by atoms with Gasteiger partial charge in [0.25, 0.3) is 5.56 Å². The Labute approximate surface area is 195 Å². The Morgan fingerprint density at radius 1 is 1.12 bits per heavy atom. The number of aryl methyl sites for hydroxylation is 1. The summed E-state index contributed by atoms with van der Waals surface area (Å²) >= 11 is 1.62. The SMILES string of the molecule is CSc1cnc(N[C@H]2CC[C@H](Nc3ccc(-n4ccc(CCC(=O)O)cc4=O)cn3)C2)nc1. The first-order chi connectivity index (χ1) is 16.0. The molecule has 3 N–H and O–H groups in total. The van der Waals surface area contributed by atoms with E-state index in [0.717, 1.165) is 30.0 Å². The molecule has 4 rings (SSSR count). The van der Waals surface area contributed by atoms with E-state index in [1.165, 1.54) is 10.6 Å². The minimum Gasteiger partial charge on any atom is -0.481 e. The highest BCUT2D eigenvalue weighted by Gasteiger charge is 2.25. The predicted molar refractivity (Wildman–Crippen MR) is 128 cm³/mol. The summed E-state index contributed by atoms with van der Waals surface area (Å²) in [6.07, 6.45) is 12.3. The second kappa shape index (κ2) is 10.5. The van der Waals surface area contributed by atoms with E-state index in [2.05, 4.69) is 25.6 Å². The van der Waals surface area contributed by atoms with Crippen molar-refractivity contribution in [2.45, 2.75) is 49.1 Å². The molecule has 10 heteroatoms. The van der Waals surface area contributed by atoms with E-state index in [1.54, 1.807) is 30.2 Å². The van der Waals surface area contributed by atoms with Crippen molar-refractivity contribution in [1.29, 1.82) is 0 Å². The largest absolute Gasteiger partial charge is 0.481 e. The lowest BCUT2D eigenvalue weighted by molar-refractivity contribution is -0.136. The number of aromatic nitrogens is 4. The number of nitrogens with zero attached hydrogens (tertiary/aromatic N) is 4. The van der Waals surface area contributed by atoms with Crippen LogP contribution in [0.4, 0.5) is 11.8 Å². The molecule has 0 radical (unpaired) electrons. The molecule has 3 aromatic heterocycles. The number of hydrogen-bond donors (Lipinski definition) is 3. The van der Waals surface area contributed by atoms with Crippen LogP contribution in [0.5, 0.6) is 0 Å². The topological polar surface area (TPSA) is 122 Å². The first-order valence-electron chi connectivity index (χ1n) is 10.8. The van der Waals surface area contributed by atoms with Crippen molar-refractivity contribution >= 4 is 29.5 Å². The van der Waals surface area contributed by atoms with E-state index in [4.69, 9.17) is 5.11 Å². The van der Waals surface area contributed by atoms with Crippen molar-refractivity contribution in [3.63, 3.8) is 0 Å². The molecule has 2 atom stereocenters. The van der Waals surface area contributed by atoms with E-state index >= 15 is 0 Å². The molecule has 0 unspecified atom stereocenters. The van der Waals surface area contributed by atoms with Gasteiger partial charge in [-0.25, -0.2) is 15.0 Å². The van der Waals surface area contributed by atoms with Crippen LogP contribution in [0.25, 0.3) is 5.69 Å². The number of anilines is 2. The van der Waals surface area contributed by atoms with E-state index < -0.39 is 5.97 Å². The molecule has 33 heavy (non-hydrogen) atoms. The minimum absolute atomic E-state index is 0.000238. The van der Waals surface area contributed by atoms with Gasteiger partial charge < -0.3 is 15.7 Å². The number of carboxylic acids is 1. The van der Waals surface area contributed by atoms with Crippen LogP contribution < -0.4 is 16.2 Å². The first-order valence-corrected chi connectivity index (χ1v) is 12.0. The van der Waals surface area contributed by atoms with Crippen LogP contribution in [0, 0.1) is 0 Å². The summed E-state index contributed by atoms with van der Waals surface area (Å²) in [6.45, 7) is 0. The normalized spacial score (nSPS) is 17.6. The highest BCUT2D eigenvalue weighted by atomic mass is 32.2. The molecule has 1 aliphatic carbocycles. The second-order valence-electron chi connectivity index (χ2n) is 7.98. The molecular weight excluding hydrogens is 440 g/mol. The van der Waals surface area contributed by atoms with Crippen molar-refractivity contribution in [3.8, 4) is 5.69 Å². The van der Waals surface area contributed by atoms with E-state index in [-0.39, 0.29) is 12.0 Å². The number of thioether (sulfide) groups is 1. The third-order valence-electron chi connectivity index (χ3n) is 5.62. The lowest BCUT2D eigenvalue weighted by atomic mass is 10.1. The number of nitrogens with one attached hydrogen (secondary N) is 2. The number of hydrogen-bond acceptors (Lipinski definition) is 8. The lowest BCUT2D eigenvalue weighted by Gasteiger charge is -2.15. The van der Waals surface area contributed by atoms with Gasteiger partial charge in [0.15, 0.2) is 0 Å². The number of carboxylic acid groups (broad SMARTS) is 1. The Morgan fingerprint density at radius 2 is 1.88 bits per heavy atom. The van der Waals surface area contributed by atoms with Gasteiger partial charge in [-0.15, -0.1) is 11.8 Å². The third kappa shape index (κ3) is 6.10. The Hall–Kier alpha value is -3.40. The van der Waals surface area contributed by atoms with Gasteiger partial charge in [0.1, 0.15) is 5.82 Å². The fourth-order valence-electron chi connectivity index (χ4n) is 3.89.